The smallest absolute Gasteiger partial charge is 0.268 e. The number of anilines is 1. The highest BCUT2D eigenvalue weighted by Gasteiger charge is 2.29. The quantitative estimate of drug-likeness (QED) is 0.633. The fourth-order valence-electron chi connectivity index (χ4n) is 0.958. The molecule has 0 heterocycles. The summed E-state index contributed by atoms with van der Waals surface area (Å²) in [5.74, 6) is -2.12. The summed E-state index contributed by atoms with van der Waals surface area (Å²) in [6.45, 7) is -1.83. The summed E-state index contributed by atoms with van der Waals surface area (Å²) in [6.07, 6.45) is -4.77. The van der Waals surface area contributed by atoms with E-state index in [1.807, 2.05) is 0 Å². The lowest BCUT2D eigenvalue weighted by Crippen LogP contribution is -2.37. The Morgan fingerprint density at radius 3 is 2.26 bits per heavy atom. The third-order valence-corrected chi connectivity index (χ3v) is 3.34. The van der Waals surface area contributed by atoms with Gasteiger partial charge in [0.05, 0.1) is 10.2 Å². The Balaban J connectivity index is 2.87. The van der Waals surface area contributed by atoms with Crippen LogP contribution in [0.2, 0.25) is 0 Å². The van der Waals surface area contributed by atoms with Gasteiger partial charge in [-0.1, -0.05) is 0 Å². The first-order valence-corrected chi connectivity index (χ1v) is 6.76. The largest absolute Gasteiger partial charge is 0.402 e. The van der Waals surface area contributed by atoms with Crippen LogP contribution in [0.5, 0.6) is 0 Å². The average molecular weight is 369 g/mol. The second-order valence-electron chi connectivity index (χ2n) is 3.29. The van der Waals surface area contributed by atoms with E-state index in [0.717, 1.165) is 4.72 Å². The summed E-state index contributed by atoms with van der Waals surface area (Å²) in [4.78, 5) is 0. The summed E-state index contributed by atoms with van der Waals surface area (Å²) >= 11 is 2.66. The molecule has 108 valence electrons. The molecule has 0 aromatic heterocycles. The van der Waals surface area contributed by atoms with Crippen LogP contribution in [0.25, 0.3) is 0 Å². The lowest BCUT2D eigenvalue weighted by Gasteiger charge is -2.12. The van der Waals surface area contributed by atoms with E-state index < -0.39 is 40.3 Å². The number of halogens is 6. The van der Waals surface area contributed by atoms with Crippen LogP contribution in [0.3, 0.4) is 0 Å². The third-order valence-electron chi connectivity index (χ3n) is 1.72. The molecule has 0 atom stereocenters. The molecule has 0 fully saturated rings. The molecule has 0 saturated heterocycles. The van der Waals surface area contributed by atoms with E-state index in [1.54, 1.807) is 0 Å². The maximum absolute atomic E-state index is 13.3. The molecule has 1 rings (SSSR count). The van der Waals surface area contributed by atoms with Crippen molar-refractivity contribution in [3.63, 3.8) is 0 Å². The van der Waals surface area contributed by atoms with E-state index in [0.29, 0.717) is 12.1 Å². The van der Waals surface area contributed by atoms with Gasteiger partial charge in [-0.3, -0.25) is 4.72 Å². The normalized spacial score (nSPS) is 12.5. The van der Waals surface area contributed by atoms with Gasteiger partial charge in [-0.15, -0.1) is 0 Å². The minimum atomic E-state index is -4.77. The van der Waals surface area contributed by atoms with E-state index in [-0.39, 0.29) is 4.47 Å². The maximum atomic E-state index is 13.3. The van der Waals surface area contributed by atoms with Gasteiger partial charge >= 0.3 is 6.18 Å². The second kappa shape index (κ2) is 5.59. The molecule has 2 N–H and O–H groups in total. The Morgan fingerprint density at radius 1 is 1.16 bits per heavy atom. The molecule has 0 saturated carbocycles. The molecule has 1 aromatic carbocycles. The minimum Gasteiger partial charge on any atom is -0.268 e. The van der Waals surface area contributed by atoms with Gasteiger partial charge in [0.15, 0.2) is 0 Å². The number of rotatable bonds is 4. The number of hydrogen-bond acceptors (Lipinski definition) is 2. The van der Waals surface area contributed by atoms with Gasteiger partial charge in [-0.2, -0.15) is 26.3 Å². The Morgan fingerprint density at radius 2 is 1.74 bits per heavy atom. The van der Waals surface area contributed by atoms with E-state index in [4.69, 9.17) is 0 Å². The molecular weight excluding hydrogens is 363 g/mol. The van der Waals surface area contributed by atoms with Crippen molar-refractivity contribution in [2.24, 2.45) is 0 Å². The predicted molar refractivity (Wildman–Crippen MR) is 60.7 cm³/mol. The molecule has 0 amide bonds. The Hall–Kier alpha value is -0.940. The summed E-state index contributed by atoms with van der Waals surface area (Å²) < 4.78 is 86.5. The van der Waals surface area contributed by atoms with Gasteiger partial charge in [0.2, 0.25) is 0 Å². The first kappa shape index (κ1) is 16.1. The van der Waals surface area contributed by atoms with Crippen LogP contribution in [0, 0.1) is 11.6 Å². The monoisotopic (exact) mass is 368 g/mol. The van der Waals surface area contributed by atoms with E-state index in [2.05, 4.69) is 15.9 Å². The lowest BCUT2D eigenvalue weighted by atomic mass is 10.3. The number of alkyl halides is 3. The first-order valence-electron chi connectivity index (χ1n) is 4.49. The van der Waals surface area contributed by atoms with Crippen molar-refractivity contribution in [2.45, 2.75) is 6.18 Å². The van der Waals surface area contributed by atoms with Gasteiger partial charge in [-0.05, 0) is 22.0 Å². The summed E-state index contributed by atoms with van der Waals surface area (Å²) in [7, 11) is -4.66. The zero-order valence-electron chi connectivity index (χ0n) is 8.85. The Bertz CT molecular complexity index is 575. The number of nitrogens with one attached hydrogen (secondary N) is 2. The van der Waals surface area contributed by atoms with Crippen molar-refractivity contribution in [3.05, 3.63) is 28.2 Å². The zero-order valence-corrected chi connectivity index (χ0v) is 11.3. The molecule has 0 aliphatic rings. The second-order valence-corrected chi connectivity index (χ2v) is 5.64. The van der Waals surface area contributed by atoms with E-state index in [1.165, 1.54) is 4.72 Å². The van der Waals surface area contributed by atoms with Gasteiger partial charge in [0.25, 0.3) is 10.2 Å². The summed E-state index contributed by atoms with van der Waals surface area (Å²) in [5, 5.41) is 0. The standard InChI is InChI=1S/C8H6BrF5N2O2S/c9-4-1-6(11)7(2-5(4)10)16-19(17,18)15-3-8(12,13)14/h1-2,15-16H,3H2. The zero-order chi connectivity index (χ0) is 14.8. The number of benzene rings is 1. The van der Waals surface area contributed by atoms with E-state index in [9.17, 15) is 30.4 Å². The lowest BCUT2D eigenvalue weighted by molar-refractivity contribution is -0.121. The molecule has 19 heavy (non-hydrogen) atoms. The highest BCUT2D eigenvalue weighted by molar-refractivity contribution is 9.10. The number of hydrogen-bond donors (Lipinski definition) is 2. The molecule has 0 spiro atoms. The van der Waals surface area contributed by atoms with Crippen LogP contribution in [0.1, 0.15) is 0 Å². The van der Waals surface area contributed by atoms with Crippen LogP contribution in [0.4, 0.5) is 27.6 Å². The third kappa shape index (κ3) is 5.28. The van der Waals surface area contributed by atoms with Crippen molar-refractivity contribution < 1.29 is 30.4 Å². The summed E-state index contributed by atoms with van der Waals surface area (Å²) in [5.41, 5.74) is -0.810. The van der Waals surface area contributed by atoms with Gasteiger partial charge in [0, 0.05) is 6.07 Å². The van der Waals surface area contributed by atoms with Crippen molar-refractivity contribution in [1.82, 2.24) is 4.72 Å². The molecule has 0 unspecified atom stereocenters. The van der Waals surface area contributed by atoms with Gasteiger partial charge < -0.3 is 0 Å². The Labute approximate surface area is 113 Å². The molecule has 1 aromatic rings. The van der Waals surface area contributed by atoms with Crippen LogP contribution in [-0.2, 0) is 10.2 Å². The van der Waals surface area contributed by atoms with Crippen LogP contribution >= 0.6 is 15.9 Å². The molecule has 0 aliphatic carbocycles. The van der Waals surface area contributed by atoms with Crippen LogP contribution in [0.15, 0.2) is 16.6 Å². The Kier molecular flexibility index (Phi) is 4.74. The van der Waals surface area contributed by atoms with Crippen molar-refractivity contribution in [1.29, 1.82) is 0 Å². The molecular formula is C8H6BrF5N2O2S. The highest BCUT2D eigenvalue weighted by Crippen LogP contribution is 2.24. The van der Waals surface area contributed by atoms with Crippen molar-refractivity contribution in [3.8, 4) is 0 Å². The van der Waals surface area contributed by atoms with Crippen molar-refractivity contribution >= 4 is 31.8 Å². The van der Waals surface area contributed by atoms with Crippen LogP contribution < -0.4 is 9.44 Å². The molecule has 0 aliphatic heterocycles. The fraction of sp³-hybridized carbons (Fsp3) is 0.250. The first-order chi connectivity index (χ1) is 8.50. The SMILES string of the molecule is O=S(=O)(NCC(F)(F)F)Nc1cc(F)c(Br)cc1F. The van der Waals surface area contributed by atoms with Crippen molar-refractivity contribution in [2.75, 3.05) is 11.3 Å². The van der Waals surface area contributed by atoms with Gasteiger partial charge in [0.1, 0.15) is 18.2 Å². The molecule has 0 radical (unpaired) electrons. The van der Waals surface area contributed by atoms with Gasteiger partial charge in [-0.25, -0.2) is 8.78 Å². The topological polar surface area (TPSA) is 58.2 Å². The summed E-state index contributed by atoms with van der Waals surface area (Å²) in [6, 6.07) is 1.13. The molecule has 11 heteroatoms. The molecule has 4 nitrogen and oxygen atoms in total. The highest BCUT2D eigenvalue weighted by atomic mass is 79.9. The maximum Gasteiger partial charge on any atom is 0.402 e. The van der Waals surface area contributed by atoms with Crippen LogP contribution in [-0.4, -0.2) is 21.1 Å². The predicted octanol–water partition coefficient (Wildman–Crippen LogP) is 2.54. The molecule has 0 bridgehead atoms. The van der Waals surface area contributed by atoms with E-state index >= 15 is 0 Å². The fourth-order valence-corrected chi connectivity index (χ4v) is 2.15. The minimum absolute atomic E-state index is 0.254. The average Bonchev–Trinajstić information content (AvgIpc) is 2.22.